The maximum absolute atomic E-state index is 13.8. The van der Waals surface area contributed by atoms with E-state index >= 15 is 0 Å². The summed E-state index contributed by atoms with van der Waals surface area (Å²) in [6, 6.07) is 9.97. The molecule has 12 heteroatoms. The smallest absolute Gasteiger partial charge is 0.264 e. The first-order valence-corrected chi connectivity index (χ1v) is 10.8. The van der Waals surface area contributed by atoms with E-state index in [0.717, 1.165) is 12.1 Å². The summed E-state index contributed by atoms with van der Waals surface area (Å²) in [5.74, 6) is -0.937. The number of nitrogen functional groups attached to an aromatic ring is 1. The highest BCUT2D eigenvalue weighted by Crippen LogP contribution is 2.35. The minimum Gasteiger partial charge on any atom is -0.497 e. The Labute approximate surface area is 190 Å². The van der Waals surface area contributed by atoms with E-state index in [0.29, 0.717) is 33.8 Å². The summed E-state index contributed by atoms with van der Waals surface area (Å²) >= 11 is 1.28. The fraction of sp³-hybridized carbons (Fsp3) is 0.143. The second-order valence-electron chi connectivity index (χ2n) is 6.75. The monoisotopic (exact) mass is 472 g/mol. The van der Waals surface area contributed by atoms with Gasteiger partial charge in [-0.15, -0.1) is 11.8 Å². The lowest BCUT2D eigenvalue weighted by Gasteiger charge is -2.07. The molecule has 1 amide bonds. The SMILES string of the molecule is COc1ccc(-c2noc(-c3c(SC)nn(CC(=O)Nc4ccc(F)cc4F)c3N)n2)cc1. The molecule has 3 N–H and O–H groups in total. The van der Waals surface area contributed by atoms with Crippen molar-refractivity contribution in [2.45, 2.75) is 11.6 Å². The Balaban J connectivity index is 1.57. The lowest BCUT2D eigenvalue weighted by Crippen LogP contribution is -2.21. The molecule has 0 saturated heterocycles. The number of nitrogens with zero attached hydrogens (tertiary/aromatic N) is 4. The third-order valence-corrected chi connectivity index (χ3v) is 5.31. The first kappa shape index (κ1) is 22.3. The third-order valence-electron chi connectivity index (χ3n) is 4.64. The van der Waals surface area contributed by atoms with Gasteiger partial charge in [-0.25, -0.2) is 13.5 Å². The van der Waals surface area contributed by atoms with Crippen molar-refractivity contribution in [3.8, 4) is 28.6 Å². The van der Waals surface area contributed by atoms with Crippen molar-refractivity contribution in [3.63, 3.8) is 0 Å². The molecule has 4 aromatic rings. The van der Waals surface area contributed by atoms with Gasteiger partial charge in [-0.2, -0.15) is 10.1 Å². The Bertz CT molecular complexity index is 1310. The number of hydrogen-bond acceptors (Lipinski definition) is 8. The van der Waals surface area contributed by atoms with E-state index in [1.807, 2.05) is 0 Å². The average Bonchev–Trinajstić information content (AvgIpc) is 3.40. The molecule has 0 saturated carbocycles. The molecule has 0 bridgehead atoms. The zero-order valence-electron chi connectivity index (χ0n) is 17.5. The van der Waals surface area contributed by atoms with Crippen molar-refractivity contribution >= 4 is 29.2 Å². The van der Waals surface area contributed by atoms with Gasteiger partial charge in [0.25, 0.3) is 5.89 Å². The quantitative estimate of drug-likeness (QED) is 0.389. The van der Waals surface area contributed by atoms with Crippen LogP contribution in [-0.4, -0.2) is 39.2 Å². The van der Waals surface area contributed by atoms with Crippen LogP contribution in [0.4, 0.5) is 20.3 Å². The van der Waals surface area contributed by atoms with Gasteiger partial charge in [0, 0.05) is 11.6 Å². The van der Waals surface area contributed by atoms with Gasteiger partial charge in [0.2, 0.25) is 11.7 Å². The first-order chi connectivity index (χ1) is 15.9. The average molecular weight is 472 g/mol. The maximum Gasteiger partial charge on any atom is 0.264 e. The lowest BCUT2D eigenvalue weighted by molar-refractivity contribution is -0.116. The van der Waals surface area contributed by atoms with E-state index in [2.05, 4.69) is 20.6 Å². The second-order valence-corrected chi connectivity index (χ2v) is 7.55. The van der Waals surface area contributed by atoms with Crippen molar-refractivity contribution in [3.05, 3.63) is 54.1 Å². The molecule has 4 rings (SSSR count). The number of hydrogen-bond donors (Lipinski definition) is 2. The highest BCUT2D eigenvalue weighted by atomic mass is 32.2. The largest absolute Gasteiger partial charge is 0.497 e. The van der Waals surface area contributed by atoms with Gasteiger partial charge < -0.3 is 20.3 Å². The predicted molar refractivity (Wildman–Crippen MR) is 119 cm³/mol. The summed E-state index contributed by atoms with van der Waals surface area (Å²) in [5, 5.41) is 11.2. The van der Waals surface area contributed by atoms with Crippen LogP contribution in [0, 0.1) is 11.6 Å². The van der Waals surface area contributed by atoms with E-state index < -0.39 is 17.5 Å². The number of rotatable bonds is 7. The van der Waals surface area contributed by atoms with Gasteiger partial charge in [0.15, 0.2) is 0 Å². The number of benzene rings is 2. The van der Waals surface area contributed by atoms with Crippen LogP contribution in [0.25, 0.3) is 22.8 Å². The van der Waals surface area contributed by atoms with Crippen molar-refractivity contribution in [1.29, 1.82) is 0 Å². The summed E-state index contributed by atoms with van der Waals surface area (Å²) in [6.07, 6.45) is 1.78. The molecule has 2 aromatic carbocycles. The van der Waals surface area contributed by atoms with Gasteiger partial charge in [-0.05, 0) is 42.7 Å². The summed E-state index contributed by atoms with van der Waals surface area (Å²) in [6.45, 7) is -0.310. The fourth-order valence-electron chi connectivity index (χ4n) is 3.02. The van der Waals surface area contributed by atoms with Crippen LogP contribution in [0.1, 0.15) is 0 Å². The Morgan fingerprint density at radius 3 is 2.67 bits per heavy atom. The highest BCUT2D eigenvalue weighted by molar-refractivity contribution is 7.98. The van der Waals surface area contributed by atoms with Crippen molar-refractivity contribution < 1.29 is 22.8 Å². The highest BCUT2D eigenvalue weighted by Gasteiger charge is 2.24. The van der Waals surface area contributed by atoms with Gasteiger partial charge >= 0.3 is 0 Å². The van der Waals surface area contributed by atoms with Gasteiger partial charge in [-0.1, -0.05) is 5.16 Å². The van der Waals surface area contributed by atoms with Crippen LogP contribution in [0.2, 0.25) is 0 Å². The number of nitrogens with one attached hydrogen (secondary N) is 1. The van der Waals surface area contributed by atoms with Crippen molar-refractivity contribution in [2.24, 2.45) is 0 Å². The second kappa shape index (κ2) is 9.28. The molecule has 0 fully saturated rings. The van der Waals surface area contributed by atoms with Crippen LogP contribution in [0.3, 0.4) is 0 Å². The molecular formula is C21H18F2N6O3S. The molecule has 0 atom stereocenters. The minimum absolute atomic E-state index is 0.124. The van der Waals surface area contributed by atoms with Gasteiger partial charge in [0.05, 0.1) is 12.8 Å². The zero-order chi connectivity index (χ0) is 23.5. The summed E-state index contributed by atoms with van der Waals surface area (Å²) < 4.78 is 38.7. The standard InChI is InChI=1S/C21H18F2N6O3S/c1-31-13-6-3-11(4-7-13)19-26-20(32-28-19)17-18(24)29(27-21(17)33-2)10-16(30)25-15-8-5-12(22)9-14(15)23/h3-9H,10,24H2,1-2H3,(H,25,30). The summed E-state index contributed by atoms with van der Waals surface area (Å²) in [7, 11) is 1.57. The molecule has 0 aliphatic carbocycles. The molecule has 0 aliphatic heterocycles. The predicted octanol–water partition coefficient (Wildman–Crippen LogP) is 3.83. The molecule has 2 aromatic heterocycles. The van der Waals surface area contributed by atoms with E-state index in [1.165, 1.54) is 16.4 Å². The van der Waals surface area contributed by atoms with E-state index in [4.69, 9.17) is 15.0 Å². The molecule has 9 nitrogen and oxygen atoms in total. The molecule has 0 spiro atoms. The maximum atomic E-state index is 13.8. The van der Waals surface area contributed by atoms with Gasteiger partial charge in [0.1, 0.15) is 40.3 Å². The van der Waals surface area contributed by atoms with Crippen LogP contribution >= 0.6 is 11.8 Å². The number of thioether (sulfide) groups is 1. The normalized spacial score (nSPS) is 10.9. The summed E-state index contributed by atoms with van der Waals surface area (Å²) in [5.41, 5.74) is 7.17. The van der Waals surface area contributed by atoms with Crippen LogP contribution < -0.4 is 15.8 Å². The number of ether oxygens (including phenoxy) is 1. The summed E-state index contributed by atoms with van der Waals surface area (Å²) in [4.78, 5) is 16.8. The number of anilines is 2. The molecule has 33 heavy (non-hydrogen) atoms. The Morgan fingerprint density at radius 2 is 2.00 bits per heavy atom. The molecule has 0 unspecified atom stereocenters. The zero-order valence-corrected chi connectivity index (χ0v) is 18.3. The molecule has 170 valence electrons. The van der Waals surface area contributed by atoms with Gasteiger partial charge in [-0.3, -0.25) is 4.79 Å². The Kier molecular flexibility index (Phi) is 6.27. The number of amides is 1. The number of methoxy groups -OCH3 is 1. The number of carbonyl (C=O) groups excluding carboxylic acids is 1. The topological polar surface area (TPSA) is 121 Å². The number of nitrogens with two attached hydrogens (primary N) is 1. The number of aromatic nitrogens is 4. The third kappa shape index (κ3) is 4.65. The van der Waals surface area contributed by atoms with Crippen molar-refractivity contribution in [1.82, 2.24) is 19.9 Å². The number of halogens is 2. The van der Waals surface area contributed by atoms with E-state index in [9.17, 15) is 13.6 Å². The Hall–Kier alpha value is -3.93. The Morgan fingerprint density at radius 1 is 1.24 bits per heavy atom. The number of carbonyl (C=O) groups is 1. The van der Waals surface area contributed by atoms with Crippen LogP contribution in [-0.2, 0) is 11.3 Å². The van der Waals surface area contributed by atoms with E-state index in [1.54, 1.807) is 37.6 Å². The molecule has 0 aliphatic rings. The lowest BCUT2D eigenvalue weighted by atomic mass is 10.2. The van der Waals surface area contributed by atoms with Crippen LogP contribution in [0.5, 0.6) is 5.75 Å². The minimum atomic E-state index is -0.890. The fourth-order valence-corrected chi connectivity index (χ4v) is 3.59. The van der Waals surface area contributed by atoms with Crippen LogP contribution in [0.15, 0.2) is 52.0 Å². The molecule has 0 radical (unpaired) electrons. The first-order valence-electron chi connectivity index (χ1n) is 9.53. The molecule has 2 heterocycles. The van der Waals surface area contributed by atoms with E-state index in [-0.39, 0.29) is 23.9 Å². The molecular weight excluding hydrogens is 454 g/mol. The van der Waals surface area contributed by atoms with Crippen molar-refractivity contribution in [2.75, 3.05) is 24.4 Å².